The molecule has 0 bridgehead atoms. The van der Waals surface area contributed by atoms with Gasteiger partial charge in [-0.15, -0.1) is 0 Å². The van der Waals surface area contributed by atoms with Crippen molar-refractivity contribution in [2.45, 2.75) is 59.4 Å². The molecule has 0 spiro atoms. The van der Waals surface area contributed by atoms with E-state index >= 15 is 0 Å². The highest BCUT2D eigenvalue weighted by molar-refractivity contribution is 5.77. The van der Waals surface area contributed by atoms with Gasteiger partial charge in [-0.2, -0.15) is 5.10 Å². The molecule has 3 rings (SSSR count). The average molecular weight is 330 g/mol. The second kappa shape index (κ2) is 6.42. The molecule has 0 radical (unpaired) electrons. The third kappa shape index (κ3) is 2.85. The standard InChI is InChI=1S/C18H26N4O2/c1-11-15(14(4)24-20-11)8-9-17(23)22-10-6-7-16(22)18-12(2)19-21(5)13(18)3/h16H,6-10H2,1-5H3/t16-/m0/s1. The lowest BCUT2D eigenvalue weighted by Gasteiger charge is -2.25. The Morgan fingerprint density at radius 2 is 2.00 bits per heavy atom. The highest BCUT2D eigenvalue weighted by Gasteiger charge is 2.33. The maximum Gasteiger partial charge on any atom is 0.223 e. The van der Waals surface area contributed by atoms with Gasteiger partial charge in [0.2, 0.25) is 5.91 Å². The number of aromatic nitrogens is 3. The zero-order valence-electron chi connectivity index (χ0n) is 15.2. The number of hydrogen-bond donors (Lipinski definition) is 0. The Morgan fingerprint density at radius 1 is 1.25 bits per heavy atom. The number of hydrogen-bond acceptors (Lipinski definition) is 4. The van der Waals surface area contributed by atoms with Crippen LogP contribution in [-0.4, -0.2) is 32.3 Å². The Hall–Kier alpha value is -2.11. The van der Waals surface area contributed by atoms with Crippen LogP contribution in [0.15, 0.2) is 4.52 Å². The molecule has 1 atom stereocenters. The van der Waals surface area contributed by atoms with Crippen LogP contribution in [-0.2, 0) is 18.3 Å². The maximum atomic E-state index is 12.8. The Balaban J connectivity index is 1.74. The fourth-order valence-electron chi connectivity index (χ4n) is 3.87. The van der Waals surface area contributed by atoms with E-state index in [-0.39, 0.29) is 11.9 Å². The lowest BCUT2D eigenvalue weighted by molar-refractivity contribution is -0.132. The zero-order valence-corrected chi connectivity index (χ0v) is 15.2. The molecule has 130 valence electrons. The van der Waals surface area contributed by atoms with Gasteiger partial charge in [0, 0.05) is 36.8 Å². The molecule has 0 aliphatic carbocycles. The van der Waals surface area contributed by atoms with Crippen molar-refractivity contribution in [3.63, 3.8) is 0 Å². The second-order valence-corrected chi connectivity index (χ2v) is 6.76. The summed E-state index contributed by atoms with van der Waals surface area (Å²) in [6, 6.07) is 0.163. The lowest BCUT2D eigenvalue weighted by atomic mass is 10.0. The molecule has 1 fully saturated rings. The first-order valence-corrected chi connectivity index (χ1v) is 8.61. The topological polar surface area (TPSA) is 64.2 Å². The molecule has 0 unspecified atom stereocenters. The van der Waals surface area contributed by atoms with Crippen LogP contribution in [0.2, 0.25) is 0 Å². The number of rotatable bonds is 4. The van der Waals surface area contributed by atoms with Crippen molar-refractivity contribution in [2.24, 2.45) is 7.05 Å². The second-order valence-electron chi connectivity index (χ2n) is 6.76. The molecular weight excluding hydrogens is 304 g/mol. The SMILES string of the molecule is Cc1noc(C)c1CCC(=O)N1CCC[C@H]1c1c(C)nn(C)c1C. The summed E-state index contributed by atoms with van der Waals surface area (Å²) in [7, 11) is 1.96. The van der Waals surface area contributed by atoms with E-state index in [9.17, 15) is 4.79 Å². The fraction of sp³-hybridized carbons (Fsp3) is 0.611. The fourth-order valence-corrected chi connectivity index (χ4v) is 3.87. The molecule has 3 heterocycles. The molecule has 0 N–H and O–H groups in total. The van der Waals surface area contributed by atoms with E-state index in [1.165, 1.54) is 5.56 Å². The summed E-state index contributed by atoms with van der Waals surface area (Å²) >= 11 is 0. The van der Waals surface area contributed by atoms with E-state index < -0.39 is 0 Å². The van der Waals surface area contributed by atoms with Crippen LogP contribution >= 0.6 is 0 Å². The van der Waals surface area contributed by atoms with Crippen molar-refractivity contribution in [3.05, 3.63) is 34.0 Å². The van der Waals surface area contributed by atoms with Crippen LogP contribution in [0, 0.1) is 27.7 Å². The number of carbonyl (C=O) groups is 1. The summed E-state index contributed by atoms with van der Waals surface area (Å²) in [6.45, 7) is 8.78. The van der Waals surface area contributed by atoms with Gasteiger partial charge in [-0.3, -0.25) is 9.48 Å². The zero-order chi connectivity index (χ0) is 17.4. The normalized spacial score (nSPS) is 17.7. The van der Waals surface area contributed by atoms with Gasteiger partial charge in [0.15, 0.2) is 0 Å². The monoisotopic (exact) mass is 330 g/mol. The van der Waals surface area contributed by atoms with Crippen molar-refractivity contribution in [2.75, 3.05) is 6.54 Å². The van der Waals surface area contributed by atoms with Gasteiger partial charge in [0.05, 0.1) is 17.4 Å². The predicted octanol–water partition coefficient (Wildman–Crippen LogP) is 2.94. The van der Waals surface area contributed by atoms with E-state index in [2.05, 4.69) is 17.2 Å². The number of likely N-dealkylation sites (tertiary alicyclic amines) is 1. The van der Waals surface area contributed by atoms with Gasteiger partial charge < -0.3 is 9.42 Å². The Morgan fingerprint density at radius 3 is 2.58 bits per heavy atom. The summed E-state index contributed by atoms with van der Waals surface area (Å²) in [5.74, 6) is 1.03. The van der Waals surface area contributed by atoms with Crippen LogP contribution < -0.4 is 0 Å². The van der Waals surface area contributed by atoms with Crippen LogP contribution in [0.3, 0.4) is 0 Å². The van der Waals surface area contributed by atoms with E-state index in [1.807, 2.05) is 37.4 Å². The van der Waals surface area contributed by atoms with Crippen LogP contribution in [0.5, 0.6) is 0 Å². The molecule has 6 nitrogen and oxygen atoms in total. The maximum absolute atomic E-state index is 12.8. The van der Waals surface area contributed by atoms with Gasteiger partial charge in [0.1, 0.15) is 5.76 Å². The average Bonchev–Trinajstić information content (AvgIpc) is 3.18. The minimum absolute atomic E-state index is 0.163. The number of carbonyl (C=O) groups excluding carboxylic acids is 1. The van der Waals surface area contributed by atoms with Crippen LogP contribution in [0.1, 0.15) is 59.3 Å². The van der Waals surface area contributed by atoms with Gasteiger partial charge in [0.25, 0.3) is 0 Å². The molecule has 6 heteroatoms. The van der Waals surface area contributed by atoms with Crippen molar-refractivity contribution >= 4 is 5.91 Å². The van der Waals surface area contributed by atoms with Gasteiger partial charge in [-0.1, -0.05) is 5.16 Å². The molecular formula is C18H26N4O2. The molecule has 2 aromatic heterocycles. The summed E-state index contributed by atoms with van der Waals surface area (Å²) < 4.78 is 7.10. The van der Waals surface area contributed by atoms with Gasteiger partial charge >= 0.3 is 0 Å². The highest BCUT2D eigenvalue weighted by atomic mass is 16.5. The lowest BCUT2D eigenvalue weighted by Crippen LogP contribution is -2.31. The third-order valence-corrected chi connectivity index (χ3v) is 5.24. The first-order chi connectivity index (χ1) is 11.4. The van der Waals surface area contributed by atoms with E-state index in [0.717, 1.165) is 47.8 Å². The third-order valence-electron chi connectivity index (χ3n) is 5.24. The molecule has 1 aliphatic heterocycles. The smallest absolute Gasteiger partial charge is 0.223 e. The van der Waals surface area contributed by atoms with Crippen LogP contribution in [0.4, 0.5) is 0 Å². The summed E-state index contributed by atoms with van der Waals surface area (Å²) in [6.07, 6.45) is 3.26. The highest BCUT2D eigenvalue weighted by Crippen LogP contribution is 2.36. The van der Waals surface area contributed by atoms with Gasteiger partial charge in [-0.25, -0.2) is 0 Å². The van der Waals surface area contributed by atoms with Crippen molar-refractivity contribution in [1.29, 1.82) is 0 Å². The first kappa shape index (κ1) is 16.7. The molecule has 1 saturated heterocycles. The quantitative estimate of drug-likeness (QED) is 0.864. The summed E-state index contributed by atoms with van der Waals surface area (Å²) in [4.78, 5) is 14.9. The number of amides is 1. The molecule has 24 heavy (non-hydrogen) atoms. The van der Waals surface area contributed by atoms with Crippen molar-refractivity contribution in [3.8, 4) is 0 Å². The Bertz CT molecular complexity index is 740. The largest absolute Gasteiger partial charge is 0.361 e. The van der Waals surface area contributed by atoms with E-state index in [0.29, 0.717) is 12.8 Å². The van der Waals surface area contributed by atoms with Gasteiger partial charge in [-0.05, 0) is 47.0 Å². The molecule has 1 aliphatic rings. The minimum atomic E-state index is 0.163. The van der Waals surface area contributed by atoms with Crippen LogP contribution in [0.25, 0.3) is 0 Å². The molecule has 0 saturated carbocycles. The molecule has 2 aromatic rings. The first-order valence-electron chi connectivity index (χ1n) is 8.61. The molecule has 0 aromatic carbocycles. The van der Waals surface area contributed by atoms with Crippen molar-refractivity contribution in [1.82, 2.24) is 19.8 Å². The summed E-state index contributed by atoms with van der Waals surface area (Å²) in [5, 5.41) is 8.49. The number of nitrogens with zero attached hydrogens (tertiary/aromatic N) is 4. The minimum Gasteiger partial charge on any atom is -0.361 e. The molecule has 1 amide bonds. The van der Waals surface area contributed by atoms with Crippen molar-refractivity contribution < 1.29 is 9.32 Å². The summed E-state index contributed by atoms with van der Waals surface area (Å²) in [5.41, 5.74) is 5.36. The van der Waals surface area contributed by atoms with E-state index in [1.54, 1.807) is 0 Å². The van der Waals surface area contributed by atoms with E-state index in [4.69, 9.17) is 4.52 Å². The Kier molecular flexibility index (Phi) is 4.47. The predicted molar refractivity (Wildman–Crippen MR) is 90.7 cm³/mol. The Labute approximate surface area is 142 Å². The number of aryl methyl sites for hydroxylation is 4.